The topological polar surface area (TPSA) is 155 Å². The smallest absolute Gasteiger partial charge is 0.425 e. The summed E-state index contributed by atoms with van der Waals surface area (Å²) >= 11 is 6.04. The number of carbonyl (C=O) groups is 3. The van der Waals surface area contributed by atoms with E-state index in [0.29, 0.717) is 15.6 Å². The Morgan fingerprint density at radius 1 is 0.690 bits per heavy atom. The number of carbonyl (C=O) groups excluding carboxylic acids is 3. The van der Waals surface area contributed by atoms with Gasteiger partial charge in [0, 0.05) is 12.1 Å². The third kappa shape index (κ3) is 11.2. The largest absolute Gasteiger partial charge is 0.472 e. The second-order valence-corrected chi connectivity index (χ2v) is 16.6. The van der Waals surface area contributed by atoms with Gasteiger partial charge in [-0.05, 0) is 103 Å². The van der Waals surface area contributed by atoms with Gasteiger partial charge in [-0.3, -0.25) is 4.57 Å². The standard InChI is InChI=1S/C43H47ClN6O8/c1-41(2,3)56-38(52)49(31-24-20-28(21-25-31)17-16-27-18-22-30(44)23-19-27)36-45-33-32(35(47-36)55-26-29-14-12-11-13-15-29)34(46-37(51)48(33)10)50(39(53)57-42(4,5)6)40(54)58-43(7,8)9/h11-25H,26H2,1-10H3/b17-16+. The Morgan fingerprint density at radius 3 is 1.71 bits per heavy atom. The van der Waals surface area contributed by atoms with Gasteiger partial charge in [0.25, 0.3) is 0 Å². The molecule has 0 bridgehead atoms. The quantitative estimate of drug-likeness (QED) is 0.109. The van der Waals surface area contributed by atoms with Crippen LogP contribution in [0.2, 0.25) is 5.02 Å². The van der Waals surface area contributed by atoms with E-state index in [1.54, 1.807) is 98.7 Å². The van der Waals surface area contributed by atoms with E-state index >= 15 is 0 Å². The SMILES string of the molecule is Cn1c(=O)nc(N(C(=O)OC(C)(C)C)C(=O)OC(C)(C)C)c2c(OCc3ccccc3)nc(N(C(=O)OC(C)(C)C)c3ccc(/C=C/c4ccc(Cl)cc4)cc3)nc21. The summed E-state index contributed by atoms with van der Waals surface area (Å²) in [6, 6.07) is 23.5. The minimum atomic E-state index is -1.18. The molecule has 0 saturated heterocycles. The van der Waals surface area contributed by atoms with Crippen LogP contribution in [0.4, 0.5) is 31.8 Å². The highest BCUT2D eigenvalue weighted by molar-refractivity contribution is 6.30. The first kappa shape index (κ1) is 42.9. The first-order valence-corrected chi connectivity index (χ1v) is 18.7. The van der Waals surface area contributed by atoms with E-state index in [-0.39, 0.29) is 29.5 Å². The van der Waals surface area contributed by atoms with E-state index in [1.165, 1.54) is 7.05 Å². The van der Waals surface area contributed by atoms with Crippen molar-refractivity contribution >= 4 is 70.5 Å². The molecule has 0 N–H and O–H groups in total. The molecule has 0 unspecified atom stereocenters. The maximum atomic E-state index is 14.1. The van der Waals surface area contributed by atoms with E-state index in [0.717, 1.165) is 26.2 Å². The Balaban J connectivity index is 1.75. The van der Waals surface area contributed by atoms with Gasteiger partial charge in [0.2, 0.25) is 11.8 Å². The monoisotopic (exact) mass is 810 g/mol. The summed E-state index contributed by atoms with van der Waals surface area (Å²) in [7, 11) is 1.39. The molecule has 5 aromatic rings. The first-order chi connectivity index (χ1) is 27.1. The molecule has 3 amide bonds. The second kappa shape index (κ2) is 17.1. The van der Waals surface area contributed by atoms with Crippen LogP contribution in [0.15, 0.2) is 83.7 Å². The Bertz CT molecular complexity index is 2350. The highest BCUT2D eigenvalue weighted by Gasteiger charge is 2.38. The van der Waals surface area contributed by atoms with Crippen LogP contribution in [0.1, 0.15) is 79.0 Å². The lowest BCUT2D eigenvalue weighted by Gasteiger charge is -2.29. The van der Waals surface area contributed by atoms with Crippen LogP contribution >= 0.6 is 11.6 Å². The fourth-order valence-electron chi connectivity index (χ4n) is 5.23. The molecule has 304 valence electrons. The number of fused-ring (bicyclic) bond motifs is 1. The minimum Gasteiger partial charge on any atom is -0.472 e. The Hall–Kier alpha value is -6.28. The number of ether oxygens (including phenoxy) is 4. The Labute approximate surface area is 342 Å². The van der Waals surface area contributed by atoms with E-state index in [1.807, 2.05) is 54.6 Å². The highest BCUT2D eigenvalue weighted by Crippen LogP contribution is 2.36. The van der Waals surface area contributed by atoms with E-state index < -0.39 is 46.6 Å². The first-order valence-electron chi connectivity index (χ1n) is 18.4. The van der Waals surface area contributed by atoms with Gasteiger partial charge in [0.1, 0.15) is 28.8 Å². The lowest BCUT2D eigenvalue weighted by Crippen LogP contribution is -2.45. The maximum Gasteiger partial charge on any atom is 0.425 e. The average molecular weight is 811 g/mol. The molecule has 3 aromatic carbocycles. The van der Waals surface area contributed by atoms with Crippen molar-refractivity contribution < 1.29 is 33.3 Å². The summed E-state index contributed by atoms with van der Waals surface area (Å²) < 4.78 is 24.5. The lowest BCUT2D eigenvalue weighted by atomic mass is 10.1. The third-order valence-electron chi connectivity index (χ3n) is 7.72. The Morgan fingerprint density at radius 2 is 1.19 bits per heavy atom. The third-order valence-corrected chi connectivity index (χ3v) is 7.97. The van der Waals surface area contributed by atoms with Crippen LogP contribution in [-0.2, 0) is 27.9 Å². The summed E-state index contributed by atoms with van der Waals surface area (Å²) in [5.74, 6) is -0.977. The van der Waals surface area contributed by atoms with Crippen molar-refractivity contribution in [2.75, 3.05) is 9.80 Å². The molecule has 58 heavy (non-hydrogen) atoms. The van der Waals surface area contributed by atoms with Crippen LogP contribution in [0, 0.1) is 0 Å². The van der Waals surface area contributed by atoms with E-state index in [4.69, 9.17) is 40.5 Å². The molecule has 0 aliphatic heterocycles. The molecule has 0 spiro atoms. The van der Waals surface area contributed by atoms with Gasteiger partial charge in [0.15, 0.2) is 11.5 Å². The van der Waals surface area contributed by atoms with Crippen molar-refractivity contribution in [1.29, 1.82) is 0 Å². The fourth-order valence-corrected chi connectivity index (χ4v) is 5.36. The summed E-state index contributed by atoms with van der Waals surface area (Å²) in [5.41, 5.74) is -1.33. The summed E-state index contributed by atoms with van der Waals surface area (Å²) in [4.78, 5) is 70.7. The van der Waals surface area contributed by atoms with Gasteiger partial charge >= 0.3 is 24.0 Å². The van der Waals surface area contributed by atoms with Crippen LogP contribution in [0.25, 0.3) is 23.2 Å². The molecule has 0 fully saturated rings. The predicted octanol–water partition coefficient (Wildman–Crippen LogP) is 9.88. The summed E-state index contributed by atoms with van der Waals surface area (Å²) in [6.07, 6.45) is 0.626. The number of aryl methyl sites for hydroxylation is 1. The van der Waals surface area contributed by atoms with Gasteiger partial charge in [-0.15, -0.1) is 0 Å². The molecule has 5 rings (SSSR count). The number of rotatable bonds is 8. The van der Waals surface area contributed by atoms with E-state index in [9.17, 15) is 19.2 Å². The maximum absolute atomic E-state index is 14.1. The van der Waals surface area contributed by atoms with Crippen LogP contribution < -0.4 is 20.2 Å². The molecule has 14 nitrogen and oxygen atoms in total. The molecular weight excluding hydrogens is 764 g/mol. The molecule has 0 aliphatic rings. The Kier molecular flexibility index (Phi) is 12.6. The van der Waals surface area contributed by atoms with Gasteiger partial charge in [0.05, 0.1) is 5.69 Å². The highest BCUT2D eigenvalue weighted by atomic mass is 35.5. The molecule has 2 heterocycles. The number of benzene rings is 3. The van der Waals surface area contributed by atoms with Crippen molar-refractivity contribution in [1.82, 2.24) is 19.5 Å². The molecule has 0 saturated carbocycles. The molecule has 15 heteroatoms. The van der Waals surface area contributed by atoms with E-state index in [2.05, 4.69) is 4.98 Å². The number of anilines is 3. The zero-order chi connectivity index (χ0) is 42.6. The number of imide groups is 1. The molecule has 0 radical (unpaired) electrons. The zero-order valence-electron chi connectivity index (χ0n) is 34.2. The summed E-state index contributed by atoms with van der Waals surface area (Å²) in [5, 5.41) is 0.509. The van der Waals surface area contributed by atoms with Crippen molar-refractivity contribution in [3.05, 3.63) is 111 Å². The summed E-state index contributed by atoms with van der Waals surface area (Å²) in [6.45, 7) is 14.8. The molecule has 0 aliphatic carbocycles. The second-order valence-electron chi connectivity index (χ2n) is 16.2. The number of halogens is 1. The number of nitrogens with zero attached hydrogens (tertiary/aromatic N) is 6. The minimum absolute atomic E-state index is 0.0609. The zero-order valence-corrected chi connectivity index (χ0v) is 35.0. The van der Waals surface area contributed by atoms with Crippen LogP contribution in [-0.4, -0.2) is 54.6 Å². The number of hydrogen-bond acceptors (Lipinski definition) is 11. The number of hydrogen-bond donors (Lipinski definition) is 0. The normalized spacial score (nSPS) is 12.0. The number of aromatic nitrogens is 4. The van der Waals surface area contributed by atoms with Crippen molar-refractivity contribution in [3.8, 4) is 5.88 Å². The van der Waals surface area contributed by atoms with Gasteiger partial charge < -0.3 is 18.9 Å². The lowest BCUT2D eigenvalue weighted by molar-refractivity contribution is 0.0428. The van der Waals surface area contributed by atoms with Crippen LogP contribution in [0.3, 0.4) is 0 Å². The van der Waals surface area contributed by atoms with Crippen molar-refractivity contribution in [2.45, 2.75) is 85.7 Å². The molecule has 0 atom stereocenters. The van der Waals surface area contributed by atoms with Crippen molar-refractivity contribution in [2.24, 2.45) is 7.05 Å². The van der Waals surface area contributed by atoms with Gasteiger partial charge in [-0.2, -0.15) is 19.9 Å². The fraction of sp³-hybridized carbons (Fsp3) is 0.326. The average Bonchev–Trinajstić information content (AvgIpc) is 3.11. The molecule has 2 aromatic heterocycles. The van der Waals surface area contributed by atoms with Gasteiger partial charge in [-0.25, -0.2) is 24.1 Å². The predicted molar refractivity (Wildman–Crippen MR) is 223 cm³/mol. The number of amides is 3. The molecular formula is C43H47ClN6O8. The van der Waals surface area contributed by atoms with Crippen molar-refractivity contribution in [3.63, 3.8) is 0 Å². The van der Waals surface area contributed by atoms with Crippen LogP contribution in [0.5, 0.6) is 5.88 Å². The van der Waals surface area contributed by atoms with Gasteiger partial charge in [-0.1, -0.05) is 78.4 Å².